The number of rotatable bonds is 8. The van der Waals surface area contributed by atoms with Crippen molar-refractivity contribution in [2.75, 3.05) is 57.3 Å². The van der Waals surface area contributed by atoms with Crippen LogP contribution in [-0.2, 0) is 20.4 Å². The molecule has 2 aromatic rings. The fraction of sp³-hybridized carbons (Fsp3) is 0.407. The number of piperazine rings is 1. The summed E-state index contributed by atoms with van der Waals surface area (Å²) >= 11 is 0. The third-order valence-electron chi connectivity index (χ3n) is 6.62. The molecule has 2 aromatic carbocycles. The smallest absolute Gasteiger partial charge is 0.416 e. The van der Waals surface area contributed by atoms with Crippen molar-refractivity contribution in [2.24, 2.45) is 0 Å². The topological polar surface area (TPSA) is 115 Å². The molecule has 0 radical (unpaired) electrons. The predicted octanol–water partition coefficient (Wildman–Crippen LogP) is 2.97. The van der Waals surface area contributed by atoms with Crippen molar-refractivity contribution in [3.05, 3.63) is 65.2 Å². The molecule has 0 aromatic heterocycles. The highest BCUT2D eigenvalue weighted by molar-refractivity contribution is 6.11. The van der Waals surface area contributed by atoms with Gasteiger partial charge in [0.2, 0.25) is 0 Å². The Morgan fingerprint density at radius 1 is 1.05 bits per heavy atom. The Bertz CT molecular complexity index is 1250. The van der Waals surface area contributed by atoms with Crippen LogP contribution in [0.3, 0.4) is 0 Å². The molecule has 2 aliphatic rings. The Balaban J connectivity index is 1.28. The minimum atomic E-state index is -4.59. The van der Waals surface area contributed by atoms with Crippen LogP contribution in [0.25, 0.3) is 0 Å². The fourth-order valence-corrected chi connectivity index (χ4v) is 4.54. The Labute approximate surface area is 229 Å². The maximum atomic E-state index is 12.9. The molecule has 1 atom stereocenters. The molecule has 0 unspecified atom stereocenters. The Hall–Kier alpha value is -3.97. The van der Waals surface area contributed by atoms with Crippen LogP contribution in [0.4, 0.5) is 23.7 Å². The van der Waals surface area contributed by atoms with Crippen LogP contribution >= 0.6 is 0 Å². The molecule has 2 amide bonds. The number of amides is 2. The monoisotopic (exact) mass is 561 g/mol. The summed E-state index contributed by atoms with van der Waals surface area (Å²) in [6.45, 7) is 6.16. The molecular formula is C27H30F3N5O5. The molecule has 40 heavy (non-hydrogen) atoms. The van der Waals surface area contributed by atoms with Crippen LogP contribution in [0.15, 0.2) is 48.5 Å². The number of benzene rings is 2. The van der Waals surface area contributed by atoms with Gasteiger partial charge in [0.05, 0.1) is 25.3 Å². The lowest BCUT2D eigenvalue weighted by Gasteiger charge is -2.34. The first-order valence-electron chi connectivity index (χ1n) is 12.8. The summed E-state index contributed by atoms with van der Waals surface area (Å²) in [4.78, 5) is 42.3. The summed E-state index contributed by atoms with van der Waals surface area (Å²) < 4.78 is 49.4. The molecule has 0 aliphatic carbocycles. The average molecular weight is 562 g/mol. The van der Waals surface area contributed by atoms with Gasteiger partial charge >= 0.3 is 18.2 Å². The van der Waals surface area contributed by atoms with Gasteiger partial charge in [0, 0.05) is 49.5 Å². The van der Waals surface area contributed by atoms with Gasteiger partial charge in [-0.25, -0.2) is 4.79 Å². The van der Waals surface area contributed by atoms with Crippen LogP contribution in [0.5, 0.6) is 0 Å². The summed E-state index contributed by atoms with van der Waals surface area (Å²) in [6.07, 6.45) is -5.42. The average Bonchev–Trinajstić information content (AvgIpc) is 3.29. The third-order valence-corrected chi connectivity index (χ3v) is 6.62. The molecule has 2 N–H and O–H groups in total. The number of nitrogens with zero attached hydrogens (tertiary/aromatic N) is 3. The summed E-state index contributed by atoms with van der Waals surface area (Å²) in [5.74, 6) is -1.37. The van der Waals surface area contributed by atoms with E-state index in [0.29, 0.717) is 44.0 Å². The molecule has 2 heterocycles. The van der Waals surface area contributed by atoms with E-state index in [-0.39, 0.29) is 30.0 Å². The Morgan fingerprint density at radius 2 is 1.73 bits per heavy atom. The molecule has 2 fully saturated rings. The number of esters is 1. The van der Waals surface area contributed by atoms with E-state index in [0.717, 1.165) is 31.3 Å². The number of hydrogen-bond acceptors (Lipinski definition) is 8. The minimum Gasteiger partial charge on any atom is -0.465 e. The fourth-order valence-electron chi connectivity index (χ4n) is 4.54. The molecule has 0 bridgehead atoms. The molecule has 13 heteroatoms. The van der Waals surface area contributed by atoms with Crippen LogP contribution < -0.4 is 10.2 Å². The van der Waals surface area contributed by atoms with Crippen molar-refractivity contribution >= 4 is 29.5 Å². The van der Waals surface area contributed by atoms with Gasteiger partial charge in [-0.15, -0.1) is 0 Å². The van der Waals surface area contributed by atoms with Crippen molar-refractivity contribution in [3.8, 4) is 0 Å². The number of cyclic esters (lactones) is 1. The van der Waals surface area contributed by atoms with E-state index >= 15 is 0 Å². The highest BCUT2D eigenvalue weighted by Gasteiger charge is 2.34. The van der Waals surface area contributed by atoms with E-state index in [2.05, 4.69) is 10.2 Å². The highest BCUT2D eigenvalue weighted by Crippen LogP contribution is 2.29. The zero-order chi connectivity index (χ0) is 28.9. The van der Waals surface area contributed by atoms with E-state index in [9.17, 15) is 27.6 Å². The van der Waals surface area contributed by atoms with Gasteiger partial charge in [0.15, 0.2) is 0 Å². The zero-order valence-corrected chi connectivity index (χ0v) is 21.9. The van der Waals surface area contributed by atoms with Crippen LogP contribution in [0, 0.1) is 5.41 Å². The SMILES string of the molecule is CCOC(=O)CN1CCN(C[C@@H]2CN(c3ccc(C(=N)NC(=O)c4cccc(C(F)(F)F)c4)cc3)C(=O)O2)CC1. The molecule has 4 rings (SSSR count). The molecular weight excluding hydrogens is 531 g/mol. The van der Waals surface area contributed by atoms with Crippen molar-refractivity contribution < 1.29 is 37.0 Å². The minimum absolute atomic E-state index is 0.220. The number of halogens is 3. The van der Waals surface area contributed by atoms with Crippen LogP contribution in [-0.4, -0.2) is 92.1 Å². The molecule has 214 valence electrons. The van der Waals surface area contributed by atoms with Crippen LogP contribution in [0.1, 0.15) is 28.4 Å². The van der Waals surface area contributed by atoms with Crippen molar-refractivity contribution in [3.63, 3.8) is 0 Å². The largest absolute Gasteiger partial charge is 0.465 e. The second kappa shape index (κ2) is 12.5. The van der Waals surface area contributed by atoms with Gasteiger partial charge in [-0.2, -0.15) is 13.2 Å². The molecule has 0 spiro atoms. The standard InChI is InChI=1S/C27H30F3N5O5/c1-2-39-23(36)17-34-12-10-33(11-13-34)15-22-16-35(26(38)40-22)21-8-6-18(7-9-21)24(31)32-25(37)19-4-3-5-20(14-19)27(28,29)30/h3-9,14,22H,2,10-13,15-17H2,1H3,(H2,31,32,37)/t22-/m1/s1. The van der Waals surface area contributed by atoms with Crippen LogP contribution in [0.2, 0.25) is 0 Å². The lowest BCUT2D eigenvalue weighted by atomic mass is 10.1. The Kier molecular flexibility index (Phi) is 9.05. The summed E-state index contributed by atoms with van der Waals surface area (Å²) in [7, 11) is 0. The summed E-state index contributed by atoms with van der Waals surface area (Å²) in [6, 6.07) is 10.2. The number of hydrogen-bond donors (Lipinski definition) is 2. The third kappa shape index (κ3) is 7.36. The quantitative estimate of drug-likeness (QED) is 0.289. The molecule has 0 saturated carbocycles. The van der Waals surface area contributed by atoms with Gasteiger partial charge in [-0.1, -0.05) is 6.07 Å². The lowest BCUT2D eigenvalue weighted by Crippen LogP contribution is -2.50. The first-order chi connectivity index (χ1) is 19.0. The van der Waals surface area contributed by atoms with E-state index in [1.165, 1.54) is 23.1 Å². The van der Waals surface area contributed by atoms with E-state index in [1.807, 2.05) is 4.90 Å². The van der Waals surface area contributed by atoms with E-state index in [1.54, 1.807) is 19.1 Å². The number of ether oxygens (including phenoxy) is 2. The number of carbonyl (C=O) groups is 3. The lowest BCUT2D eigenvalue weighted by molar-refractivity contribution is -0.145. The number of alkyl halides is 3. The highest BCUT2D eigenvalue weighted by atomic mass is 19.4. The second-order valence-corrected chi connectivity index (χ2v) is 9.45. The van der Waals surface area contributed by atoms with Crippen molar-refractivity contribution in [1.82, 2.24) is 15.1 Å². The van der Waals surface area contributed by atoms with Gasteiger partial charge in [-0.3, -0.25) is 29.7 Å². The van der Waals surface area contributed by atoms with Crippen molar-refractivity contribution in [2.45, 2.75) is 19.2 Å². The van der Waals surface area contributed by atoms with E-state index in [4.69, 9.17) is 14.9 Å². The number of nitrogens with one attached hydrogen (secondary N) is 2. The molecule has 2 saturated heterocycles. The van der Waals surface area contributed by atoms with Gasteiger partial charge in [0.1, 0.15) is 11.9 Å². The van der Waals surface area contributed by atoms with Crippen molar-refractivity contribution in [1.29, 1.82) is 5.41 Å². The normalized spacial score (nSPS) is 18.4. The van der Waals surface area contributed by atoms with Gasteiger partial charge < -0.3 is 14.8 Å². The summed E-state index contributed by atoms with van der Waals surface area (Å²) in [5, 5.41) is 10.5. The molecule has 10 nitrogen and oxygen atoms in total. The Morgan fingerprint density at radius 3 is 2.38 bits per heavy atom. The number of amidine groups is 1. The molecule has 2 aliphatic heterocycles. The van der Waals surface area contributed by atoms with E-state index < -0.39 is 23.7 Å². The number of carbonyl (C=O) groups excluding carboxylic acids is 3. The van der Waals surface area contributed by atoms with Gasteiger partial charge in [0.25, 0.3) is 5.91 Å². The number of anilines is 1. The second-order valence-electron chi connectivity index (χ2n) is 9.45. The van der Waals surface area contributed by atoms with Gasteiger partial charge in [-0.05, 0) is 49.4 Å². The first-order valence-corrected chi connectivity index (χ1v) is 12.8. The predicted molar refractivity (Wildman–Crippen MR) is 139 cm³/mol. The summed E-state index contributed by atoms with van der Waals surface area (Å²) in [5.41, 5.74) is -0.313. The zero-order valence-electron chi connectivity index (χ0n) is 21.9. The maximum absolute atomic E-state index is 12.9. The maximum Gasteiger partial charge on any atom is 0.416 e. The first kappa shape index (κ1) is 29.0.